The van der Waals surface area contributed by atoms with Crippen molar-refractivity contribution in [1.29, 1.82) is 0 Å². The molecule has 0 saturated carbocycles. The van der Waals surface area contributed by atoms with Gasteiger partial charge in [0.1, 0.15) is 17.1 Å². The minimum Gasteiger partial charge on any atom is -0.507 e. The molecule has 0 aliphatic carbocycles. The minimum atomic E-state index is -0.708. The Kier molecular flexibility index (Phi) is 5.58. The van der Waals surface area contributed by atoms with Gasteiger partial charge in [0.15, 0.2) is 0 Å². The van der Waals surface area contributed by atoms with Crippen molar-refractivity contribution in [3.8, 4) is 5.75 Å². The quantitative estimate of drug-likeness (QED) is 0.758. The molecule has 0 unspecified atom stereocenters. The zero-order chi connectivity index (χ0) is 13.5. The predicted molar refractivity (Wildman–Crippen MR) is 68.2 cm³/mol. The van der Waals surface area contributed by atoms with Crippen LogP contribution in [0.25, 0.3) is 0 Å². The average molecular weight is 254 g/mol. The first-order chi connectivity index (χ1) is 8.52. The van der Waals surface area contributed by atoms with Crippen LogP contribution in [0.3, 0.4) is 0 Å². The third-order valence-electron chi connectivity index (χ3n) is 2.54. The molecule has 0 aromatic heterocycles. The number of carbonyl (C=O) groups is 1. The van der Waals surface area contributed by atoms with E-state index < -0.39 is 11.7 Å². The number of aromatic hydroxyl groups is 1. The summed E-state index contributed by atoms with van der Waals surface area (Å²) < 4.78 is 13.4. The van der Waals surface area contributed by atoms with Gasteiger partial charge in [-0.1, -0.05) is 6.07 Å². The SMILES string of the molecule is CN(C)CCCCNC(=O)c1c(O)cccc1F. The molecule has 0 radical (unpaired) electrons. The summed E-state index contributed by atoms with van der Waals surface area (Å²) in [6, 6.07) is 3.81. The molecule has 1 aromatic rings. The third-order valence-corrected chi connectivity index (χ3v) is 2.54. The Morgan fingerprint density at radius 2 is 2.11 bits per heavy atom. The first-order valence-electron chi connectivity index (χ1n) is 5.92. The van der Waals surface area contributed by atoms with E-state index in [4.69, 9.17) is 0 Å². The number of benzene rings is 1. The van der Waals surface area contributed by atoms with Crippen LogP contribution in [0.1, 0.15) is 23.2 Å². The molecule has 18 heavy (non-hydrogen) atoms. The summed E-state index contributed by atoms with van der Waals surface area (Å²) in [5.74, 6) is -1.61. The van der Waals surface area contributed by atoms with Gasteiger partial charge < -0.3 is 15.3 Å². The maximum absolute atomic E-state index is 13.4. The molecule has 100 valence electrons. The van der Waals surface area contributed by atoms with E-state index in [1.807, 2.05) is 14.1 Å². The molecule has 1 rings (SSSR count). The molecule has 0 bridgehead atoms. The van der Waals surface area contributed by atoms with Gasteiger partial charge in [0.25, 0.3) is 5.91 Å². The lowest BCUT2D eigenvalue weighted by molar-refractivity contribution is 0.0946. The number of rotatable bonds is 6. The predicted octanol–water partition coefficient (Wildman–Crippen LogP) is 1.60. The fourth-order valence-corrected chi connectivity index (χ4v) is 1.58. The van der Waals surface area contributed by atoms with Gasteiger partial charge in [-0.05, 0) is 45.6 Å². The maximum atomic E-state index is 13.4. The van der Waals surface area contributed by atoms with Crippen LogP contribution in [0.4, 0.5) is 4.39 Å². The van der Waals surface area contributed by atoms with Crippen LogP contribution >= 0.6 is 0 Å². The second kappa shape index (κ2) is 6.96. The number of nitrogens with one attached hydrogen (secondary N) is 1. The van der Waals surface area contributed by atoms with Crippen LogP contribution in [0.2, 0.25) is 0 Å². The van der Waals surface area contributed by atoms with Crippen molar-refractivity contribution in [3.63, 3.8) is 0 Å². The van der Waals surface area contributed by atoms with Crippen molar-refractivity contribution in [2.75, 3.05) is 27.2 Å². The van der Waals surface area contributed by atoms with Gasteiger partial charge in [-0.2, -0.15) is 0 Å². The Hall–Kier alpha value is -1.62. The first-order valence-corrected chi connectivity index (χ1v) is 5.92. The highest BCUT2D eigenvalue weighted by Gasteiger charge is 2.15. The number of amides is 1. The lowest BCUT2D eigenvalue weighted by Gasteiger charge is -2.10. The fourth-order valence-electron chi connectivity index (χ4n) is 1.58. The standard InChI is InChI=1S/C13H19FN2O2/c1-16(2)9-4-3-8-15-13(18)12-10(14)6-5-7-11(12)17/h5-7,17H,3-4,8-9H2,1-2H3,(H,15,18). The van der Waals surface area contributed by atoms with Gasteiger partial charge in [0.2, 0.25) is 0 Å². The summed E-state index contributed by atoms with van der Waals surface area (Å²) in [7, 11) is 3.96. The summed E-state index contributed by atoms with van der Waals surface area (Å²) in [5.41, 5.74) is -0.287. The molecule has 2 N–H and O–H groups in total. The van der Waals surface area contributed by atoms with Crippen LogP contribution in [0.15, 0.2) is 18.2 Å². The van der Waals surface area contributed by atoms with E-state index in [1.165, 1.54) is 12.1 Å². The number of phenols is 1. The summed E-state index contributed by atoms with van der Waals surface area (Å²) in [4.78, 5) is 13.7. The van der Waals surface area contributed by atoms with Crippen molar-refractivity contribution in [1.82, 2.24) is 10.2 Å². The van der Waals surface area contributed by atoms with Crippen molar-refractivity contribution in [3.05, 3.63) is 29.6 Å². The number of hydrogen-bond acceptors (Lipinski definition) is 3. The second-order valence-corrected chi connectivity index (χ2v) is 4.40. The highest BCUT2D eigenvalue weighted by Crippen LogP contribution is 2.19. The molecule has 0 atom stereocenters. The van der Waals surface area contributed by atoms with Crippen LogP contribution in [-0.2, 0) is 0 Å². The Labute approximate surface area is 106 Å². The molecular formula is C13H19FN2O2. The van der Waals surface area contributed by atoms with Crippen LogP contribution < -0.4 is 5.32 Å². The lowest BCUT2D eigenvalue weighted by Crippen LogP contribution is -2.26. The van der Waals surface area contributed by atoms with Crippen molar-refractivity contribution >= 4 is 5.91 Å². The topological polar surface area (TPSA) is 52.6 Å². The van der Waals surface area contributed by atoms with Gasteiger partial charge in [0.05, 0.1) is 0 Å². The molecule has 1 aromatic carbocycles. The van der Waals surface area contributed by atoms with Gasteiger partial charge in [0, 0.05) is 6.54 Å². The van der Waals surface area contributed by atoms with Gasteiger partial charge in [-0.25, -0.2) is 4.39 Å². The Bertz CT molecular complexity index is 388. The molecule has 0 aliphatic heterocycles. The third kappa shape index (κ3) is 4.33. The van der Waals surface area contributed by atoms with E-state index in [-0.39, 0.29) is 11.3 Å². The van der Waals surface area contributed by atoms with Crippen molar-refractivity contribution < 1.29 is 14.3 Å². The number of halogens is 1. The zero-order valence-electron chi connectivity index (χ0n) is 10.7. The summed E-state index contributed by atoms with van der Waals surface area (Å²) in [6.07, 6.45) is 1.77. The normalized spacial score (nSPS) is 10.7. The Balaban J connectivity index is 2.41. The summed E-state index contributed by atoms with van der Waals surface area (Å²) in [5, 5.41) is 12.0. The van der Waals surface area contributed by atoms with E-state index in [2.05, 4.69) is 10.2 Å². The van der Waals surface area contributed by atoms with E-state index >= 15 is 0 Å². The van der Waals surface area contributed by atoms with E-state index in [0.717, 1.165) is 25.5 Å². The number of hydrogen-bond donors (Lipinski definition) is 2. The molecule has 0 spiro atoms. The number of nitrogens with zero attached hydrogens (tertiary/aromatic N) is 1. The largest absolute Gasteiger partial charge is 0.507 e. The van der Waals surface area contributed by atoms with Crippen LogP contribution in [0, 0.1) is 5.82 Å². The average Bonchev–Trinajstić information content (AvgIpc) is 2.27. The molecule has 0 heterocycles. The molecule has 4 nitrogen and oxygen atoms in total. The fraction of sp³-hybridized carbons (Fsp3) is 0.462. The van der Waals surface area contributed by atoms with E-state index in [9.17, 15) is 14.3 Å². The summed E-state index contributed by atoms with van der Waals surface area (Å²) in [6.45, 7) is 1.42. The van der Waals surface area contributed by atoms with Gasteiger partial charge >= 0.3 is 0 Å². The van der Waals surface area contributed by atoms with Crippen LogP contribution in [0.5, 0.6) is 5.75 Å². The van der Waals surface area contributed by atoms with E-state index in [0.29, 0.717) is 6.54 Å². The highest BCUT2D eigenvalue weighted by atomic mass is 19.1. The molecule has 1 amide bonds. The molecule has 0 saturated heterocycles. The maximum Gasteiger partial charge on any atom is 0.258 e. The monoisotopic (exact) mass is 254 g/mol. The Morgan fingerprint density at radius 1 is 1.39 bits per heavy atom. The molecular weight excluding hydrogens is 235 g/mol. The Morgan fingerprint density at radius 3 is 2.72 bits per heavy atom. The smallest absolute Gasteiger partial charge is 0.258 e. The van der Waals surface area contributed by atoms with Crippen molar-refractivity contribution in [2.24, 2.45) is 0 Å². The minimum absolute atomic E-state index is 0.287. The first kappa shape index (κ1) is 14.4. The number of phenolic OH excluding ortho intramolecular Hbond substituents is 1. The van der Waals surface area contributed by atoms with Crippen LogP contribution in [-0.4, -0.2) is 43.1 Å². The van der Waals surface area contributed by atoms with E-state index in [1.54, 1.807) is 0 Å². The molecule has 0 aliphatic rings. The lowest BCUT2D eigenvalue weighted by atomic mass is 10.1. The zero-order valence-corrected chi connectivity index (χ0v) is 10.7. The van der Waals surface area contributed by atoms with Crippen molar-refractivity contribution in [2.45, 2.75) is 12.8 Å². The molecule has 0 fully saturated rings. The molecule has 5 heteroatoms. The van der Waals surface area contributed by atoms with Gasteiger partial charge in [-0.3, -0.25) is 4.79 Å². The second-order valence-electron chi connectivity index (χ2n) is 4.40. The van der Waals surface area contributed by atoms with Gasteiger partial charge in [-0.15, -0.1) is 0 Å². The summed E-state index contributed by atoms with van der Waals surface area (Å²) >= 11 is 0. The number of unbranched alkanes of at least 4 members (excludes halogenated alkanes) is 1. The highest BCUT2D eigenvalue weighted by molar-refractivity contribution is 5.97. The number of carbonyl (C=O) groups excluding carboxylic acids is 1.